The normalized spacial score (nSPS) is 14.6. The first kappa shape index (κ1) is 14.2. The molecule has 0 aromatic rings. The van der Waals surface area contributed by atoms with Crippen LogP contribution in [-0.4, -0.2) is 38.9 Å². The van der Waals surface area contributed by atoms with E-state index in [0.717, 1.165) is 6.54 Å². The van der Waals surface area contributed by atoms with Crippen molar-refractivity contribution in [3.63, 3.8) is 0 Å². The molecule has 3 nitrogen and oxygen atoms in total. The van der Waals surface area contributed by atoms with Crippen LogP contribution in [0.1, 0.15) is 20.3 Å². The summed E-state index contributed by atoms with van der Waals surface area (Å²) in [6, 6.07) is 0. The second-order valence-corrected chi connectivity index (χ2v) is 6.77. The molecule has 1 unspecified atom stereocenters. The Bertz CT molecular complexity index is 239. The Hall–Kier alpha value is 0.200. The van der Waals surface area contributed by atoms with Gasteiger partial charge in [-0.15, -0.1) is 11.6 Å². The van der Waals surface area contributed by atoms with E-state index in [9.17, 15) is 8.42 Å². The van der Waals surface area contributed by atoms with Crippen LogP contribution in [0.5, 0.6) is 0 Å². The van der Waals surface area contributed by atoms with Gasteiger partial charge in [-0.25, -0.2) is 8.42 Å². The number of halogens is 1. The van der Waals surface area contributed by atoms with Gasteiger partial charge in [0.25, 0.3) is 0 Å². The minimum atomic E-state index is -2.81. The Morgan fingerprint density at radius 2 is 1.93 bits per heavy atom. The molecule has 86 valence electrons. The Kier molecular flexibility index (Phi) is 6.74. The molecule has 5 heteroatoms. The monoisotopic (exact) mass is 241 g/mol. The molecule has 0 aromatic heterocycles. The third kappa shape index (κ3) is 8.78. The molecule has 0 aromatic carbocycles. The zero-order chi connectivity index (χ0) is 11.2. The second-order valence-electron chi connectivity index (χ2n) is 3.95. The van der Waals surface area contributed by atoms with E-state index in [1.165, 1.54) is 6.26 Å². The molecule has 0 saturated carbocycles. The molecule has 0 radical (unpaired) electrons. The molecule has 0 amide bonds. The SMILES string of the molecule is CC(C)C(Cl)CNCCCS(C)(=O)=O. The maximum Gasteiger partial charge on any atom is 0.147 e. The number of sulfone groups is 1. The Morgan fingerprint density at radius 1 is 1.36 bits per heavy atom. The molecular formula is C9H20ClNO2S. The highest BCUT2D eigenvalue weighted by Crippen LogP contribution is 2.07. The van der Waals surface area contributed by atoms with Crippen LogP contribution in [0.15, 0.2) is 0 Å². The topological polar surface area (TPSA) is 46.2 Å². The van der Waals surface area contributed by atoms with Gasteiger partial charge in [0.15, 0.2) is 0 Å². The van der Waals surface area contributed by atoms with E-state index in [0.29, 0.717) is 18.9 Å². The van der Waals surface area contributed by atoms with Crippen molar-refractivity contribution in [2.45, 2.75) is 25.6 Å². The molecule has 0 spiro atoms. The summed E-state index contributed by atoms with van der Waals surface area (Å²) in [5, 5.41) is 3.26. The molecule has 0 saturated heterocycles. The molecule has 1 atom stereocenters. The molecule has 0 fully saturated rings. The first-order valence-electron chi connectivity index (χ1n) is 4.85. The van der Waals surface area contributed by atoms with Gasteiger partial charge in [-0.05, 0) is 18.9 Å². The van der Waals surface area contributed by atoms with E-state index in [1.54, 1.807) is 0 Å². The molecule has 0 aliphatic carbocycles. The van der Waals surface area contributed by atoms with Crippen LogP contribution in [0.4, 0.5) is 0 Å². The average Bonchev–Trinajstić information content (AvgIpc) is 2.01. The van der Waals surface area contributed by atoms with Crippen LogP contribution in [0.2, 0.25) is 0 Å². The van der Waals surface area contributed by atoms with E-state index in [1.807, 2.05) is 0 Å². The van der Waals surface area contributed by atoms with Crippen molar-refractivity contribution in [1.29, 1.82) is 0 Å². The summed E-state index contributed by atoms with van der Waals surface area (Å²) < 4.78 is 21.6. The fourth-order valence-electron chi connectivity index (χ4n) is 0.935. The quantitative estimate of drug-likeness (QED) is 0.540. The molecule has 1 N–H and O–H groups in total. The van der Waals surface area contributed by atoms with Gasteiger partial charge in [0.05, 0.1) is 5.75 Å². The molecular weight excluding hydrogens is 222 g/mol. The number of nitrogens with one attached hydrogen (secondary N) is 1. The van der Waals surface area contributed by atoms with E-state index in [2.05, 4.69) is 19.2 Å². The zero-order valence-corrected chi connectivity index (χ0v) is 10.7. The fourth-order valence-corrected chi connectivity index (χ4v) is 1.71. The maximum atomic E-state index is 10.8. The molecule has 0 aliphatic heterocycles. The van der Waals surface area contributed by atoms with Crippen molar-refractivity contribution in [1.82, 2.24) is 5.32 Å². The largest absolute Gasteiger partial charge is 0.315 e. The number of rotatable bonds is 7. The zero-order valence-electron chi connectivity index (χ0n) is 9.09. The van der Waals surface area contributed by atoms with Gasteiger partial charge >= 0.3 is 0 Å². The van der Waals surface area contributed by atoms with E-state index < -0.39 is 9.84 Å². The van der Waals surface area contributed by atoms with Crippen molar-refractivity contribution in [2.75, 3.05) is 25.1 Å². The second kappa shape index (κ2) is 6.64. The summed E-state index contributed by atoms with van der Waals surface area (Å²) in [6.45, 7) is 5.58. The van der Waals surface area contributed by atoms with Crippen molar-refractivity contribution < 1.29 is 8.42 Å². The van der Waals surface area contributed by atoms with Crippen molar-refractivity contribution in [3.05, 3.63) is 0 Å². The lowest BCUT2D eigenvalue weighted by atomic mass is 10.1. The Morgan fingerprint density at radius 3 is 2.36 bits per heavy atom. The van der Waals surface area contributed by atoms with Crippen LogP contribution in [-0.2, 0) is 9.84 Å². The highest BCUT2D eigenvalue weighted by Gasteiger charge is 2.08. The minimum absolute atomic E-state index is 0.119. The smallest absolute Gasteiger partial charge is 0.147 e. The molecule has 0 rings (SSSR count). The Balaban J connectivity index is 3.39. The fraction of sp³-hybridized carbons (Fsp3) is 1.00. The number of hydrogen-bond acceptors (Lipinski definition) is 3. The molecule has 0 bridgehead atoms. The van der Waals surface area contributed by atoms with Crippen LogP contribution in [0.3, 0.4) is 0 Å². The first-order chi connectivity index (χ1) is 6.33. The number of alkyl halides is 1. The van der Waals surface area contributed by atoms with Gasteiger partial charge in [-0.1, -0.05) is 13.8 Å². The predicted molar refractivity (Wildman–Crippen MR) is 61.7 cm³/mol. The highest BCUT2D eigenvalue weighted by molar-refractivity contribution is 7.90. The van der Waals surface area contributed by atoms with Gasteiger partial charge in [0.1, 0.15) is 9.84 Å². The van der Waals surface area contributed by atoms with E-state index in [-0.39, 0.29) is 11.1 Å². The summed E-state index contributed by atoms with van der Waals surface area (Å²) in [6.07, 6.45) is 1.91. The third-order valence-corrected chi connectivity index (χ3v) is 3.62. The third-order valence-electron chi connectivity index (χ3n) is 1.93. The van der Waals surface area contributed by atoms with Gasteiger partial charge < -0.3 is 5.32 Å². The highest BCUT2D eigenvalue weighted by atomic mass is 35.5. The van der Waals surface area contributed by atoms with Crippen LogP contribution in [0.25, 0.3) is 0 Å². The van der Waals surface area contributed by atoms with Gasteiger partial charge in [0.2, 0.25) is 0 Å². The number of hydrogen-bond donors (Lipinski definition) is 1. The van der Waals surface area contributed by atoms with Gasteiger partial charge in [0, 0.05) is 18.2 Å². The van der Waals surface area contributed by atoms with Gasteiger partial charge in [-0.2, -0.15) is 0 Å². The standard InChI is InChI=1S/C9H20ClNO2S/c1-8(2)9(10)7-11-5-4-6-14(3,12)13/h8-9,11H,4-7H2,1-3H3. The summed E-state index contributed by atoms with van der Waals surface area (Å²) in [5.74, 6) is 0.688. The predicted octanol–water partition coefficient (Wildman–Crippen LogP) is 1.27. The summed E-state index contributed by atoms with van der Waals surface area (Å²) in [5.41, 5.74) is 0. The lowest BCUT2D eigenvalue weighted by Gasteiger charge is -2.13. The van der Waals surface area contributed by atoms with Crippen molar-refractivity contribution in [3.8, 4) is 0 Å². The summed E-state index contributed by atoms with van der Waals surface area (Å²) in [4.78, 5) is 0. The van der Waals surface area contributed by atoms with Crippen molar-refractivity contribution >= 4 is 21.4 Å². The maximum absolute atomic E-state index is 10.8. The first-order valence-corrected chi connectivity index (χ1v) is 7.35. The van der Waals surface area contributed by atoms with E-state index in [4.69, 9.17) is 11.6 Å². The Labute approximate surface area is 92.1 Å². The summed E-state index contributed by atoms with van der Waals surface area (Å²) >= 11 is 6.00. The average molecular weight is 242 g/mol. The summed E-state index contributed by atoms with van der Waals surface area (Å²) in [7, 11) is -2.81. The van der Waals surface area contributed by atoms with E-state index >= 15 is 0 Å². The van der Waals surface area contributed by atoms with Crippen LogP contribution < -0.4 is 5.32 Å². The lowest BCUT2D eigenvalue weighted by Crippen LogP contribution is -2.28. The van der Waals surface area contributed by atoms with Crippen LogP contribution >= 0.6 is 11.6 Å². The minimum Gasteiger partial charge on any atom is -0.315 e. The molecule has 0 aliphatic rings. The molecule has 0 heterocycles. The molecule has 14 heavy (non-hydrogen) atoms. The van der Waals surface area contributed by atoms with Gasteiger partial charge in [-0.3, -0.25) is 0 Å². The lowest BCUT2D eigenvalue weighted by molar-refractivity contribution is 0.542. The van der Waals surface area contributed by atoms with Crippen molar-refractivity contribution in [2.24, 2.45) is 5.92 Å². The van der Waals surface area contributed by atoms with Crippen LogP contribution in [0, 0.1) is 5.92 Å².